The zero-order valence-corrected chi connectivity index (χ0v) is 20.2. The van der Waals surface area contributed by atoms with Crippen LogP contribution in [-0.4, -0.2) is 29.6 Å². The molecule has 39 heavy (non-hydrogen) atoms. The summed E-state index contributed by atoms with van der Waals surface area (Å²) in [5.74, 6) is -0.438. The highest BCUT2D eigenvalue weighted by Gasteiger charge is 2.38. The lowest BCUT2D eigenvalue weighted by Crippen LogP contribution is -2.31. The molecule has 1 aliphatic carbocycles. The summed E-state index contributed by atoms with van der Waals surface area (Å²) in [7, 11) is 0. The van der Waals surface area contributed by atoms with E-state index in [0.717, 1.165) is 24.3 Å². The Bertz CT molecular complexity index is 1370. The van der Waals surface area contributed by atoms with Crippen molar-refractivity contribution < 1.29 is 40.8 Å². The molecule has 2 N–H and O–H groups in total. The van der Waals surface area contributed by atoms with Gasteiger partial charge >= 0.3 is 12.4 Å². The van der Waals surface area contributed by atoms with E-state index in [1.807, 2.05) is 0 Å². The van der Waals surface area contributed by atoms with Crippen molar-refractivity contribution in [2.45, 2.75) is 50.2 Å². The summed E-state index contributed by atoms with van der Waals surface area (Å²) in [4.78, 5) is 22.2. The molecule has 0 spiro atoms. The lowest BCUT2D eigenvalue weighted by Gasteiger charge is -2.29. The van der Waals surface area contributed by atoms with E-state index in [4.69, 9.17) is 4.74 Å². The average molecular weight is 555 g/mol. The van der Waals surface area contributed by atoms with E-state index < -0.39 is 40.0 Å². The molecule has 0 radical (unpaired) electrons. The Labute approximate surface area is 218 Å². The molecule has 1 aliphatic rings. The van der Waals surface area contributed by atoms with Crippen LogP contribution in [0.5, 0.6) is 0 Å². The Balaban J connectivity index is 1.26. The number of benzene rings is 3. The summed E-state index contributed by atoms with van der Waals surface area (Å²) < 4.78 is 84.0. The van der Waals surface area contributed by atoms with Crippen molar-refractivity contribution in [3.8, 4) is 0 Å². The van der Waals surface area contributed by atoms with E-state index >= 15 is 0 Å². The van der Waals surface area contributed by atoms with Gasteiger partial charge in [0.15, 0.2) is 0 Å². The second kappa shape index (κ2) is 11.1. The zero-order valence-electron chi connectivity index (χ0n) is 20.2. The second-order valence-electron chi connectivity index (χ2n) is 9.24. The van der Waals surface area contributed by atoms with Crippen LogP contribution in [0.3, 0.4) is 0 Å². The second-order valence-corrected chi connectivity index (χ2v) is 9.24. The summed E-state index contributed by atoms with van der Waals surface area (Å²) >= 11 is 0. The zero-order chi connectivity index (χ0) is 28.4. The third kappa shape index (κ3) is 7.16. The number of fused-ring (bicyclic) bond motifs is 1. The highest BCUT2D eigenvalue weighted by atomic mass is 19.4. The minimum Gasteiger partial charge on any atom is -0.382 e. The largest absolute Gasteiger partial charge is 0.423 e. The van der Waals surface area contributed by atoms with Gasteiger partial charge in [0.25, 0.3) is 5.69 Å². The van der Waals surface area contributed by atoms with E-state index in [9.17, 15) is 41.3 Å². The number of ether oxygens (including phenoxy) is 1. The van der Waals surface area contributed by atoms with Crippen molar-refractivity contribution in [2.24, 2.45) is 0 Å². The van der Waals surface area contributed by atoms with Gasteiger partial charge in [0, 0.05) is 23.5 Å². The molecule has 0 saturated heterocycles. The van der Waals surface area contributed by atoms with Crippen LogP contribution in [-0.2, 0) is 21.9 Å². The number of alkyl halides is 6. The summed E-state index contributed by atoms with van der Waals surface area (Å²) in [6, 6.07) is 10.5. The Kier molecular flexibility index (Phi) is 8.00. The van der Waals surface area contributed by atoms with Gasteiger partial charge in [-0.1, -0.05) is 12.1 Å². The molecular weight excluding hydrogens is 532 g/mol. The van der Waals surface area contributed by atoms with Crippen LogP contribution in [0.4, 0.5) is 43.4 Å². The molecule has 1 amide bonds. The molecule has 208 valence electrons. The molecule has 0 unspecified atom stereocenters. The number of nitrogens with one attached hydrogen (secondary N) is 2. The third-order valence-electron chi connectivity index (χ3n) is 6.45. The van der Waals surface area contributed by atoms with Gasteiger partial charge in [-0.2, -0.15) is 26.3 Å². The number of hydrogen-bond donors (Lipinski definition) is 2. The van der Waals surface area contributed by atoms with Crippen LogP contribution in [0, 0.1) is 10.1 Å². The van der Waals surface area contributed by atoms with Crippen LogP contribution in [0.25, 0.3) is 10.8 Å². The summed E-state index contributed by atoms with van der Waals surface area (Å²) in [5, 5.41) is 17.5. The number of halogens is 6. The van der Waals surface area contributed by atoms with Gasteiger partial charge < -0.3 is 15.4 Å². The van der Waals surface area contributed by atoms with Crippen molar-refractivity contribution >= 4 is 33.7 Å². The Morgan fingerprint density at radius 3 is 2.15 bits per heavy atom. The molecule has 0 atom stereocenters. The summed E-state index contributed by atoms with van der Waals surface area (Å²) in [6.07, 6.45) is -7.37. The molecule has 0 heterocycles. The molecule has 0 aromatic heterocycles. The van der Waals surface area contributed by atoms with Gasteiger partial charge in [-0.15, -0.1) is 0 Å². The molecule has 0 aliphatic heterocycles. The van der Waals surface area contributed by atoms with Gasteiger partial charge in [-0.3, -0.25) is 14.9 Å². The van der Waals surface area contributed by atoms with E-state index in [2.05, 4.69) is 10.6 Å². The van der Waals surface area contributed by atoms with Crippen molar-refractivity contribution in [3.05, 3.63) is 75.8 Å². The number of carbonyl (C=O) groups is 1. The fraction of sp³-hybridized carbons (Fsp3) is 0.346. The lowest BCUT2D eigenvalue weighted by atomic mass is 9.92. The van der Waals surface area contributed by atoms with Gasteiger partial charge in [0.2, 0.25) is 5.91 Å². The molecule has 7 nitrogen and oxygen atoms in total. The molecule has 4 rings (SSSR count). The number of carbonyl (C=O) groups excluding carboxylic acids is 1. The number of anilines is 2. The van der Waals surface area contributed by atoms with Crippen molar-refractivity contribution in [3.63, 3.8) is 0 Å². The molecule has 1 saturated carbocycles. The highest BCUT2D eigenvalue weighted by molar-refractivity contribution is 5.95. The van der Waals surface area contributed by atoms with Crippen molar-refractivity contribution in [1.82, 2.24) is 0 Å². The number of hydrogen-bond acceptors (Lipinski definition) is 5. The van der Waals surface area contributed by atoms with E-state index in [0.29, 0.717) is 42.1 Å². The van der Waals surface area contributed by atoms with E-state index in [1.54, 1.807) is 6.07 Å². The maximum absolute atomic E-state index is 13.2. The monoisotopic (exact) mass is 555 g/mol. The average Bonchev–Trinajstić information content (AvgIpc) is 2.86. The third-order valence-corrected chi connectivity index (χ3v) is 6.45. The Morgan fingerprint density at radius 1 is 0.872 bits per heavy atom. The van der Waals surface area contributed by atoms with Crippen LogP contribution in [0.2, 0.25) is 0 Å². The first-order valence-corrected chi connectivity index (χ1v) is 11.9. The van der Waals surface area contributed by atoms with Crippen LogP contribution < -0.4 is 10.6 Å². The SMILES string of the molecule is O=C(CO[C@H]1CC[C@H](Nc2ccc([N+](=O)[O-])c(C(F)(F)F)c2)CC1)Nc1ccc2cc(C(F)(F)F)ccc2c1. The Morgan fingerprint density at radius 2 is 1.51 bits per heavy atom. The minimum atomic E-state index is -4.87. The fourth-order valence-corrected chi connectivity index (χ4v) is 4.51. The van der Waals surface area contributed by atoms with Crippen molar-refractivity contribution in [2.75, 3.05) is 17.2 Å². The number of nitrogens with zero attached hydrogens (tertiary/aromatic N) is 1. The lowest BCUT2D eigenvalue weighted by molar-refractivity contribution is -0.388. The topological polar surface area (TPSA) is 93.5 Å². The molecule has 0 bridgehead atoms. The number of amides is 1. The fourth-order valence-electron chi connectivity index (χ4n) is 4.51. The van der Waals surface area contributed by atoms with E-state index in [-0.39, 0.29) is 24.4 Å². The van der Waals surface area contributed by atoms with Gasteiger partial charge in [-0.25, -0.2) is 0 Å². The molecule has 13 heteroatoms. The maximum atomic E-state index is 13.2. The first kappa shape index (κ1) is 28.1. The quantitative estimate of drug-likeness (QED) is 0.183. The first-order valence-electron chi connectivity index (χ1n) is 11.9. The molecule has 3 aromatic rings. The molecule has 3 aromatic carbocycles. The maximum Gasteiger partial charge on any atom is 0.423 e. The number of rotatable bonds is 7. The predicted molar refractivity (Wildman–Crippen MR) is 131 cm³/mol. The van der Waals surface area contributed by atoms with E-state index in [1.165, 1.54) is 24.3 Å². The van der Waals surface area contributed by atoms with Gasteiger partial charge in [0.05, 0.1) is 16.6 Å². The summed E-state index contributed by atoms with van der Waals surface area (Å²) in [6.45, 7) is -0.245. The minimum absolute atomic E-state index is 0.127. The van der Waals surface area contributed by atoms with Crippen LogP contribution in [0.1, 0.15) is 36.8 Å². The van der Waals surface area contributed by atoms with Crippen LogP contribution in [0.15, 0.2) is 54.6 Å². The Hall–Kier alpha value is -3.87. The normalized spacial score (nSPS) is 18.1. The van der Waals surface area contributed by atoms with Gasteiger partial charge in [-0.05, 0) is 72.9 Å². The highest BCUT2D eigenvalue weighted by Crippen LogP contribution is 2.38. The van der Waals surface area contributed by atoms with Crippen molar-refractivity contribution in [1.29, 1.82) is 0 Å². The smallest absolute Gasteiger partial charge is 0.382 e. The first-order chi connectivity index (χ1) is 18.3. The predicted octanol–water partition coefficient (Wildman–Crippen LogP) is 7.16. The number of nitro benzene ring substituents is 1. The van der Waals surface area contributed by atoms with Gasteiger partial charge in [0.1, 0.15) is 12.2 Å². The van der Waals surface area contributed by atoms with Crippen LogP contribution >= 0.6 is 0 Å². The number of nitro groups is 1. The molecular formula is C26H23F6N3O4. The standard InChI is InChI=1S/C26H23F6N3O4/c27-25(28,29)17-3-1-16-12-19(4-2-15(16)11-17)34-24(36)14-39-21-8-5-18(6-9-21)33-20-7-10-23(35(37)38)22(13-20)26(30,31)32/h1-4,7,10-13,18,21,33H,5-6,8-9,14H2,(H,34,36)/t18-,21-. The molecule has 1 fully saturated rings. The summed E-state index contributed by atoms with van der Waals surface area (Å²) in [5.41, 5.74) is -2.56.